The summed E-state index contributed by atoms with van der Waals surface area (Å²) in [5.74, 6) is 1.71. The number of aryl methyl sites for hydroxylation is 1. The Morgan fingerprint density at radius 1 is 0.767 bits per heavy atom. The molecule has 30 heavy (non-hydrogen) atoms. The van der Waals surface area contributed by atoms with E-state index in [0.29, 0.717) is 0 Å². The zero-order valence-corrected chi connectivity index (χ0v) is 19.3. The highest BCUT2D eigenvalue weighted by molar-refractivity contribution is 7.42. The molecule has 0 aliphatic heterocycles. The van der Waals surface area contributed by atoms with E-state index in [0.717, 1.165) is 30.8 Å². The van der Waals surface area contributed by atoms with E-state index in [1.54, 1.807) is 0 Å². The molecule has 1 aliphatic rings. The average molecular weight is 429 g/mol. The summed E-state index contributed by atoms with van der Waals surface area (Å²) >= 11 is 0. The van der Waals surface area contributed by atoms with Gasteiger partial charge < -0.3 is 9.05 Å². The second-order valence-corrected chi connectivity index (χ2v) is 9.23. The maximum absolute atomic E-state index is 6.37. The lowest BCUT2D eigenvalue weighted by atomic mass is 9.98. The predicted molar refractivity (Wildman–Crippen MR) is 126 cm³/mol. The van der Waals surface area contributed by atoms with Crippen LogP contribution in [0.25, 0.3) is 0 Å². The predicted octanol–water partition coefficient (Wildman–Crippen LogP) is 8.62. The number of hydrogen-bond acceptors (Lipinski definition) is 3. The molecule has 1 fully saturated rings. The lowest BCUT2D eigenvalue weighted by Crippen LogP contribution is -2.16. The molecule has 3 nitrogen and oxygen atoms in total. The third-order valence-electron chi connectivity index (χ3n) is 5.66. The first-order valence-electron chi connectivity index (χ1n) is 11.8. The largest absolute Gasteiger partial charge is 0.463 e. The van der Waals surface area contributed by atoms with Crippen molar-refractivity contribution in [2.24, 2.45) is 0 Å². The second kappa shape index (κ2) is 13.7. The number of para-hydroxylation sites is 2. The summed E-state index contributed by atoms with van der Waals surface area (Å²) in [6.45, 7) is 2.26. The highest BCUT2D eigenvalue weighted by Gasteiger charge is 2.25. The van der Waals surface area contributed by atoms with E-state index >= 15 is 0 Å². The summed E-state index contributed by atoms with van der Waals surface area (Å²) in [4.78, 5) is 0. The van der Waals surface area contributed by atoms with Gasteiger partial charge in [0.1, 0.15) is 11.5 Å². The molecule has 4 heteroatoms. The van der Waals surface area contributed by atoms with Crippen molar-refractivity contribution < 1.29 is 13.6 Å². The fourth-order valence-corrected chi connectivity index (χ4v) is 5.11. The van der Waals surface area contributed by atoms with Crippen LogP contribution in [0.5, 0.6) is 11.5 Å². The molecule has 2 aromatic rings. The number of benzene rings is 2. The minimum atomic E-state index is -1.48. The van der Waals surface area contributed by atoms with E-state index in [-0.39, 0.29) is 6.10 Å². The summed E-state index contributed by atoms with van der Waals surface area (Å²) in [7, 11) is -1.48. The molecule has 0 amide bonds. The number of rotatable bonds is 13. The average Bonchev–Trinajstić information content (AvgIpc) is 2.78. The van der Waals surface area contributed by atoms with Crippen LogP contribution in [0.2, 0.25) is 0 Å². The van der Waals surface area contributed by atoms with Crippen molar-refractivity contribution in [1.29, 1.82) is 0 Å². The van der Waals surface area contributed by atoms with Gasteiger partial charge in [0.15, 0.2) is 0 Å². The lowest BCUT2D eigenvalue weighted by molar-refractivity contribution is 0.138. The van der Waals surface area contributed by atoms with E-state index in [1.807, 2.05) is 36.4 Å². The third-order valence-corrected chi connectivity index (χ3v) is 6.83. The van der Waals surface area contributed by atoms with Gasteiger partial charge in [-0.15, -0.1) is 0 Å². The fraction of sp³-hybridized carbons (Fsp3) is 0.538. The smallest absolute Gasteiger partial charge is 0.418 e. The zero-order valence-electron chi connectivity index (χ0n) is 18.4. The first-order chi connectivity index (χ1) is 14.8. The fourth-order valence-electron chi connectivity index (χ4n) is 3.90. The summed E-state index contributed by atoms with van der Waals surface area (Å²) in [6.07, 6.45) is 15.0. The van der Waals surface area contributed by atoms with Gasteiger partial charge in [0.25, 0.3) is 0 Å². The summed E-state index contributed by atoms with van der Waals surface area (Å²) < 4.78 is 18.9. The molecule has 0 bridgehead atoms. The molecule has 0 saturated heterocycles. The van der Waals surface area contributed by atoms with Crippen LogP contribution in [-0.4, -0.2) is 6.10 Å². The molecule has 164 valence electrons. The molecule has 0 spiro atoms. The van der Waals surface area contributed by atoms with Gasteiger partial charge in [-0.2, -0.15) is 0 Å². The van der Waals surface area contributed by atoms with E-state index in [9.17, 15) is 0 Å². The maximum Gasteiger partial charge on any atom is 0.463 e. The Labute approximate surface area is 184 Å². The van der Waals surface area contributed by atoms with Crippen LogP contribution in [0.4, 0.5) is 0 Å². The molecule has 2 aromatic carbocycles. The first-order valence-corrected chi connectivity index (χ1v) is 12.9. The summed E-state index contributed by atoms with van der Waals surface area (Å²) in [5, 5.41) is 0. The van der Waals surface area contributed by atoms with E-state index in [2.05, 4.69) is 25.1 Å². The van der Waals surface area contributed by atoms with Crippen molar-refractivity contribution in [2.45, 2.75) is 90.1 Å². The van der Waals surface area contributed by atoms with Crippen molar-refractivity contribution >= 4 is 8.60 Å². The number of hydrogen-bond donors (Lipinski definition) is 0. The molecule has 0 radical (unpaired) electrons. The molecule has 1 saturated carbocycles. The van der Waals surface area contributed by atoms with Crippen molar-refractivity contribution in [2.75, 3.05) is 0 Å². The van der Waals surface area contributed by atoms with Gasteiger partial charge in [-0.3, -0.25) is 4.52 Å². The van der Waals surface area contributed by atoms with E-state index < -0.39 is 8.60 Å². The minimum Gasteiger partial charge on any atom is -0.418 e. The van der Waals surface area contributed by atoms with E-state index in [4.69, 9.17) is 13.6 Å². The molecule has 1 aliphatic carbocycles. The van der Waals surface area contributed by atoms with Crippen LogP contribution in [0.1, 0.15) is 83.1 Å². The topological polar surface area (TPSA) is 27.7 Å². The standard InChI is InChI=1S/C26H37O3P/c1-2-3-4-5-6-9-16-23-17-14-15-22-26(23)29-30(27-24-18-10-7-11-19-24)28-25-20-12-8-13-21-25/h7,10-11,14-15,17-19,22,25H,2-6,8-9,12-13,16,20-21H2,1H3. The minimum absolute atomic E-state index is 0.235. The monoisotopic (exact) mass is 428 g/mol. The Morgan fingerprint density at radius 2 is 1.47 bits per heavy atom. The van der Waals surface area contributed by atoms with Crippen molar-refractivity contribution in [3.63, 3.8) is 0 Å². The number of unbranched alkanes of at least 4 members (excludes halogenated alkanes) is 5. The molecule has 3 rings (SSSR count). The molecule has 0 N–H and O–H groups in total. The zero-order chi connectivity index (χ0) is 20.9. The molecular formula is C26H37O3P. The van der Waals surface area contributed by atoms with Gasteiger partial charge in [0.05, 0.1) is 6.10 Å². The van der Waals surface area contributed by atoms with Gasteiger partial charge >= 0.3 is 8.60 Å². The Kier molecular flexibility index (Phi) is 10.5. The van der Waals surface area contributed by atoms with Crippen LogP contribution in [-0.2, 0) is 10.9 Å². The van der Waals surface area contributed by atoms with Crippen LogP contribution >= 0.6 is 8.60 Å². The molecular weight excluding hydrogens is 391 g/mol. The van der Waals surface area contributed by atoms with Crippen LogP contribution in [0.15, 0.2) is 54.6 Å². The molecule has 1 atom stereocenters. The third kappa shape index (κ3) is 8.28. The van der Waals surface area contributed by atoms with Gasteiger partial charge in [-0.1, -0.05) is 94.7 Å². The lowest BCUT2D eigenvalue weighted by Gasteiger charge is -2.26. The van der Waals surface area contributed by atoms with E-state index in [1.165, 1.54) is 63.4 Å². The van der Waals surface area contributed by atoms with Crippen LogP contribution < -0.4 is 9.05 Å². The Bertz CT molecular complexity index is 700. The SMILES string of the molecule is CCCCCCCCc1ccccc1OP(Oc1ccccc1)OC1CCCCC1. The summed E-state index contributed by atoms with van der Waals surface area (Å²) in [5.41, 5.74) is 1.25. The van der Waals surface area contributed by atoms with Crippen molar-refractivity contribution in [3.05, 3.63) is 60.2 Å². The van der Waals surface area contributed by atoms with Crippen LogP contribution in [0, 0.1) is 0 Å². The van der Waals surface area contributed by atoms with Crippen molar-refractivity contribution in [1.82, 2.24) is 0 Å². The maximum atomic E-state index is 6.37. The highest BCUT2D eigenvalue weighted by atomic mass is 31.2. The summed E-state index contributed by atoms with van der Waals surface area (Å²) in [6, 6.07) is 18.3. The highest BCUT2D eigenvalue weighted by Crippen LogP contribution is 2.45. The normalized spacial score (nSPS) is 15.6. The van der Waals surface area contributed by atoms with Gasteiger partial charge in [0.2, 0.25) is 0 Å². The van der Waals surface area contributed by atoms with Gasteiger partial charge in [0, 0.05) is 0 Å². The molecule has 0 heterocycles. The van der Waals surface area contributed by atoms with Gasteiger partial charge in [-0.25, -0.2) is 0 Å². The molecule has 0 aromatic heterocycles. The first kappa shape index (κ1) is 23.1. The van der Waals surface area contributed by atoms with Gasteiger partial charge in [-0.05, 0) is 49.4 Å². The Hall–Kier alpha value is -1.57. The van der Waals surface area contributed by atoms with Crippen molar-refractivity contribution in [3.8, 4) is 11.5 Å². The molecule has 1 unspecified atom stereocenters. The quantitative estimate of drug-likeness (QED) is 0.236. The van der Waals surface area contributed by atoms with Crippen LogP contribution in [0.3, 0.4) is 0 Å². The Balaban J connectivity index is 1.61. The Morgan fingerprint density at radius 3 is 2.27 bits per heavy atom. The second-order valence-electron chi connectivity index (χ2n) is 8.21.